The van der Waals surface area contributed by atoms with Crippen LogP contribution in [0, 0.1) is 0 Å². The molecule has 2 aromatic rings. The van der Waals surface area contributed by atoms with Crippen molar-refractivity contribution in [3.8, 4) is 11.5 Å². The van der Waals surface area contributed by atoms with Crippen LogP contribution in [-0.4, -0.2) is 50.6 Å². The number of carbonyl (C=O) groups is 1. The van der Waals surface area contributed by atoms with Crippen molar-refractivity contribution in [1.29, 1.82) is 0 Å². The standard InChI is InChI=1S/C16H18BrNO5S/c1-20-10-6-11-14(23-9-22-4-5-24-3)8-13(16(19)21-2)18-15(11)12(17)7-10/h6-8H,4-5,9H2,1-3H3/p+1. The maximum atomic E-state index is 11.8. The summed E-state index contributed by atoms with van der Waals surface area (Å²) in [5.74, 6) is 1.54. The third kappa shape index (κ3) is 4.52. The van der Waals surface area contributed by atoms with E-state index in [-0.39, 0.29) is 12.5 Å². The molecule has 2 rings (SSSR count). The lowest BCUT2D eigenvalue weighted by atomic mass is 10.1. The van der Waals surface area contributed by atoms with Crippen molar-refractivity contribution in [3.63, 3.8) is 0 Å². The Morgan fingerprint density at radius 3 is 2.75 bits per heavy atom. The van der Waals surface area contributed by atoms with Crippen molar-refractivity contribution < 1.29 is 23.7 Å². The minimum Gasteiger partial charge on any atom is -0.497 e. The summed E-state index contributed by atoms with van der Waals surface area (Å²) in [4.78, 5) is 16.2. The van der Waals surface area contributed by atoms with Gasteiger partial charge in [-0.05, 0) is 39.8 Å². The van der Waals surface area contributed by atoms with E-state index in [4.69, 9.17) is 18.9 Å². The van der Waals surface area contributed by atoms with Gasteiger partial charge < -0.3 is 18.9 Å². The first-order chi connectivity index (χ1) is 11.6. The molecular formula is C16H19BrNO5S+. The van der Waals surface area contributed by atoms with E-state index >= 15 is 0 Å². The maximum absolute atomic E-state index is 11.8. The smallest absolute Gasteiger partial charge is 0.356 e. The largest absolute Gasteiger partial charge is 0.497 e. The highest BCUT2D eigenvalue weighted by Gasteiger charge is 2.16. The Balaban J connectivity index is 2.40. The number of hydrogen-bond donors (Lipinski definition) is 0. The minimum atomic E-state index is -0.532. The van der Waals surface area contributed by atoms with Crippen molar-refractivity contribution in [2.24, 2.45) is 0 Å². The molecule has 0 unspecified atom stereocenters. The molecule has 0 aliphatic rings. The van der Waals surface area contributed by atoms with E-state index in [1.54, 1.807) is 25.3 Å². The van der Waals surface area contributed by atoms with Gasteiger partial charge in [-0.15, -0.1) is 0 Å². The van der Waals surface area contributed by atoms with Crippen LogP contribution in [0.25, 0.3) is 10.9 Å². The molecule has 0 aliphatic heterocycles. The topological polar surface area (TPSA) is 66.9 Å². The van der Waals surface area contributed by atoms with Crippen LogP contribution in [0.15, 0.2) is 22.7 Å². The van der Waals surface area contributed by atoms with Crippen molar-refractivity contribution in [1.82, 2.24) is 4.98 Å². The molecule has 0 atom stereocenters. The summed E-state index contributed by atoms with van der Waals surface area (Å²) in [6.07, 6.45) is 2.06. The lowest BCUT2D eigenvalue weighted by Crippen LogP contribution is -2.10. The summed E-state index contributed by atoms with van der Waals surface area (Å²) in [6.45, 7) is 0.696. The summed E-state index contributed by atoms with van der Waals surface area (Å²) in [5.41, 5.74) is 0.749. The van der Waals surface area contributed by atoms with E-state index in [1.807, 2.05) is 0 Å². The first-order valence-corrected chi connectivity index (χ1v) is 9.45. The molecule has 0 fully saturated rings. The molecule has 130 valence electrons. The minimum absolute atomic E-state index is 0.0874. The number of pyridine rings is 1. The first kappa shape index (κ1) is 18.8. The predicted octanol–water partition coefficient (Wildman–Crippen LogP) is 2.59. The number of thiol groups is 1. The van der Waals surface area contributed by atoms with Gasteiger partial charge >= 0.3 is 5.97 Å². The van der Waals surface area contributed by atoms with Gasteiger partial charge in [-0.1, -0.05) is 0 Å². The third-order valence-corrected chi connectivity index (χ3v) is 4.42. The number of ether oxygens (including phenoxy) is 4. The molecule has 0 radical (unpaired) electrons. The SMILES string of the molecule is COC(=O)c1cc(OCOCC[SH+]C)c2cc(OC)cc(Br)c2n1. The normalized spacial score (nSPS) is 10.7. The van der Waals surface area contributed by atoms with E-state index < -0.39 is 5.97 Å². The van der Waals surface area contributed by atoms with Crippen molar-refractivity contribution >= 4 is 44.6 Å². The highest BCUT2D eigenvalue weighted by Crippen LogP contribution is 2.34. The van der Waals surface area contributed by atoms with Crippen LogP contribution >= 0.6 is 15.9 Å². The Hall–Kier alpha value is -1.51. The molecule has 1 aromatic heterocycles. The summed E-state index contributed by atoms with van der Waals surface area (Å²) in [6, 6.07) is 5.12. The maximum Gasteiger partial charge on any atom is 0.356 e. The number of nitrogens with zero attached hydrogens (tertiary/aromatic N) is 1. The zero-order chi connectivity index (χ0) is 17.5. The van der Waals surface area contributed by atoms with Gasteiger partial charge in [0.15, 0.2) is 12.5 Å². The number of fused-ring (bicyclic) bond motifs is 1. The zero-order valence-corrected chi connectivity index (χ0v) is 16.1. The second kappa shape index (κ2) is 9.10. The summed E-state index contributed by atoms with van der Waals surface area (Å²) >= 11 is 4.71. The Labute approximate surface area is 152 Å². The van der Waals surface area contributed by atoms with E-state index in [0.29, 0.717) is 33.5 Å². The number of aromatic nitrogens is 1. The Kier molecular flexibility index (Phi) is 7.14. The van der Waals surface area contributed by atoms with Gasteiger partial charge in [-0.2, -0.15) is 0 Å². The summed E-state index contributed by atoms with van der Waals surface area (Å²) in [5, 5.41) is 0.714. The Morgan fingerprint density at radius 1 is 1.29 bits per heavy atom. The monoisotopic (exact) mass is 416 g/mol. The molecule has 0 saturated heterocycles. The first-order valence-electron chi connectivity index (χ1n) is 7.13. The van der Waals surface area contributed by atoms with Crippen LogP contribution in [-0.2, 0) is 21.2 Å². The van der Waals surface area contributed by atoms with Crippen molar-refractivity contribution in [2.45, 2.75) is 0 Å². The van der Waals surface area contributed by atoms with Crippen molar-refractivity contribution in [3.05, 3.63) is 28.4 Å². The predicted molar refractivity (Wildman–Crippen MR) is 98.3 cm³/mol. The lowest BCUT2D eigenvalue weighted by molar-refractivity contribution is 0.0245. The number of carbonyl (C=O) groups excluding carboxylic acids is 1. The highest BCUT2D eigenvalue weighted by atomic mass is 79.9. The molecule has 0 spiro atoms. The van der Waals surface area contributed by atoms with Crippen molar-refractivity contribution in [2.75, 3.05) is 39.6 Å². The molecule has 0 aliphatic carbocycles. The second-order valence-electron chi connectivity index (χ2n) is 4.71. The molecule has 1 aromatic carbocycles. The summed E-state index contributed by atoms with van der Waals surface area (Å²) in [7, 11) is 2.89. The number of rotatable bonds is 8. The molecule has 0 saturated carbocycles. The van der Waals surface area contributed by atoms with Gasteiger partial charge in [0, 0.05) is 15.9 Å². The number of methoxy groups -OCH3 is 2. The fourth-order valence-electron chi connectivity index (χ4n) is 2.00. The second-order valence-corrected chi connectivity index (χ2v) is 6.65. The van der Waals surface area contributed by atoms with E-state index in [1.165, 1.54) is 18.9 Å². The number of halogens is 1. The average molecular weight is 417 g/mol. The third-order valence-electron chi connectivity index (χ3n) is 3.19. The molecule has 0 bridgehead atoms. The molecule has 8 heteroatoms. The molecular weight excluding hydrogens is 398 g/mol. The van der Waals surface area contributed by atoms with Crippen LogP contribution in [0.3, 0.4) is 0 Å². The highest BCUT2D eigenvalue weighted by molar-refractivity contribution is 9.10. The molecule has 0 N–H and O–H groups in total. The average Bonchev–Trinajstić information content (AvgIpc) is 2.60. The van der Waals surface area contributed by atoms with Crippen LogP contribution in [0.2, 0.25) is 0 Å². The van der Waals surface area contributed by atoms with Gasteiger partial charge in [0.2, 0.25) is 0 Å². The fourth-order valence-corrected chi connectivity index (χ4v) is 2.84. The number of hydrogen-bond acceptors (Lipinski definition) is 6. The Bertz CT molecular complexity index is 725. The van der Waals surface area contributed by atoms with Gasteiger partial charge in [-0.3, -0.25) is 0 Å². The number of benzene rings is 1. The number of esters is 1. The molecule has 6 nitrogen and oxygen atoms in total. The fraction of sp³-hybridized carbons (Fsp3) is 0.375. The van der Waals surface area contributed by atoms with Gasteiger partial charge in [-0.25, -0.2) is 9.78 Å². The quantitative estimate of drug-likeness (QED) is 0.216. The van der Waals surface area contributed by atoms with E-state index in [0.717, 1.165) is 5.75 Å². The summed E-state index contributed by atoms with van der Waals surface area (Å²) < 4.78 is 21.9. The van der Waals surface area contributed by atoms with Gasteiger partial charge in [0.05, 0.1) is 32.6 Å². The van der Waals surface area contributed by atoms with Crippen LogP contribution in [0.1, 0.15) is 10.5 Å². The Morgan fingerprint density at radius 2 is 2.08 bits per heavy atom. The van der Waals surface area contributed by atoms with Crippen LogP contribution in [0.5, 0.6) is 11.5 Å². The zero-order valence-electron chi connectivity index (χ0n) is 13.7. The van der Waals surface area contributed by atoms with Gasteiger partial charge in [0.1, 0.15) is 17.3 Å². The van der Waals surface area contributed by atoms with Crippen LogP contribution in [0.4, 0.5) is 0 Å². The molecule has 1 heterocycles. The molecule has 0 amide bonds. The van der Waals surface area contributed by atoms with Crippen LogP contribution < -0.4 is 9.47 Å². The lowest BCUT2D eigenvalue weighted by Gasteiger charge is -2.12. The molecule has 24 heavy (non-hydrogen) atoms. The van der Waals surface area contributed by atoms with E-state index in [9.17, 15) is 4.79 Å². The van der Waals surface area contributed by atoms with E-state index in [2.05, 4.69) is 27.2 Å². The van der Waals surface area contributed by atoms with Gasteiger partial charge in [0.25, 0.3) is 0 Å².